The zero-order chi connectivity index (χ0) is 13.7. The van der Waals surface area contributed by atoms with E-state index in [9.17, 15) is 13.9 Å². The van der Waals surface area contributed by atoms with E-state index < -0.39 is 17.7 Å². The first-order chi connectivity index (χ1) is 9.15. The van der Waals surface area contributed by atoms with Gasteiger partial charge in [-0.05, 0) is 23.3 Å². The number of halogens is 2. The number of hydrogen-bond acceptors (Lipinski definition) is 2. The Hall–Kier alpha value is -1.78. The zero-order valence-electron chi connectivity index (χ0n) is 10.3. The molecule has 0 saturated heterocycles. The second-order valence-electron chi connectivity index (χ2n) is 4.34. The summed E-state index contributed by atoms with van der Waals surface area (Å²) in [6, 6.07) is 12.6. The van der Waals surface area contributed by atoms with Crippen LogP contribution in [0.5, 0.6) is 0 Å². The molecule has 0 bridgehead atoms. The molecule has 0 radical (unpaired) electrons. The molecule has 0 aliphatic heterocycles. The topological polar surface area (TPSA) is 32.3 Å². The van der Waals surface area contributed by atoms with Gasteiger partial charge < -0.3 is 10.4 Å². The minimum atomic E-state index is -0.639. The number of aliphatic hydroxyl groups is 1. The highest BCUT2D eigenvalue weighted by Crippen LogP contribution is 2.11. The van der Waals surface area contributed by atoms with Gasteiger partial charge in [0.25, 0.3) is 0 Å². The molecule has 0 spiro atoms. The Morgan fingerprint density at radius 2 is 1.63 bits per heavy atom. The summed E-state index contributed by atoms with van der Waals surface area (Å²) >= 11 is 0. The van der Waals surface area contributed by atoms with Gasteiger partial charge in [0, 0.05) is 19.2 Å². The highest BCUT2D eigenvalue weighted by atomic mass is 19.1. The van der Waals surface area contributed by atoms with Crippen molar-refractivity contribution in [2.24, 2.45) is 0 Å². The van der Waals surface area contributed by atoms with Crippen molar-refractivity contribution in [2.45, 2.75) is 12.6 Å². The van der Waals surface area contributed by atoms with Gasteiger partial charge in [0.15, 0.2) is 0 Å². The van der Waals surface area contributed by atoms with Crippen LogP contribution in [0, 0.1) is 11.6 Å². The molecule has 2 nitrogen and oxygen atoms in total. The lowest BCUT2D eigenvalue weighted by Crippen LogP contribution is -2.21. The average Bonchev–Trinajstić information content (AvgIpc) is 2.38. The van der Waals surface area contributed by atoms with Crippen LogP contribution < -0.4 is 5.32 Å². The largest absolute Gasteiger partial charge is 0.387 e. The molecule has 4 heteroatoms. The van der Waals surface area contributed by atoms with Crippen molar-refractivity contribution in [3.05, 3.63) is 71.3 Å². The van der Waals surface area contributed by atoms with Crippen LogP contribution in [-0.2, 0) is 6.54 Å². The molecule has 0 aliphatic carbocycles. The molecule has 0 aliphatic rings. The minimum Gasteiger partial charge on any atom is -0.387 e. The molecule has 1 atom stereocenters. The van der Waals surface area contributed by atoms with E-state index in [-0.39, 0.29) is 0 Å². The Morgan fingerprint density at radius 1 is 1.00 bits per heavy atom. The fourth-order valence-electron chi connectivity index (χ4n) is 1.86. The monoisotopic (exact) mass is 263 g/mol. The molecule has 2 rings (SSSR count). The van der Waals surface area contributed by atoms with Crippen LogP contribution in [0.3, 0.4) is 0 Å². The van der Waals surface area contributed by atoms with Crippen LogP contribution in [0.4, 0.5) is 8.78 Å². The Kier molecular flexibility index (Phi) is 4.60. The van der Waals surface area contributed by atoms with E-state index in [4.69, 9.17) is 0 Å². The fourth-order valence-corrected chi connectivity index (χ4v) is 1.86. The number of hydrogen-bond donors (Lipinski definition) is 2. The molecular formula is C15H15F2NO. The third-order valence-electron chi connectivity index (χ3n) is 2.77. The first-order valence-electron chi connectivity index (χ1n) is 6.04. The Morgan fingerprint density at radius 3 is 2.26 bits per heavy atom. The molecule has 0 aromatic heterocycles. The predicted octanol–water partition coefficient (Wildman–Crippen LogP) is 2.79. The van der Waals surface area contributed by atoms with E-state index in [0.29, 0.717) is 18.7 Å². The molecule has 2 aromatic carbocycles. The summed E-state index contributed by atoms with van der Waals surface area (Å²) in [5.74, 6) is -1.19. The highest BCUT2D eigenvalue weighted by molar-refractivity contribution is 5.19. The standard InChI is InChI=1S/C15H15F2NO/c16-13-6-11(7-14(17)8-13)9-18-10-15(19)12-4-2-1-3-5-12/h1-8,15,18-19H,9-10H2. The van der Waals surface area contributed by atoms with Gasteiger partial charge in [0.1, 0.15) is 11.6 Å². The van der Waals surface area contributed by atoms with Crippen LogP contribution in [0.1, 0.15) is 17.2 Å². The van der Waals surface area contributed by atoms with Crippen LogP contribution in [0.15, 0.2) is 48.5 Å². The van der Waals surface area contributed by atoms with Crippen molar-refractivity contribution in [2.75, 3.05) is 6.54 Å². The van der Waals surface area contributed by atoms with Crippen LogP contribution >= 0.6 is 0 Å². The summed E-state index contributed by atoms with van der Waals surface area (Å²) in [6.07, 6.45) is -0.639. The molecular weight excluding hydrogens is 248 g/mol. The molecule has 100 valence electrons. The second kappa shape index (κ2) is 6.41. The Labute approximate surface area is 110 Å². The molecule has 19 heavy (non-hydrogen) atoms. The van der Waals surface area contributed by atoms with Crippen molar-refractivity contribution in [1.29, 1.82) is 0 Å². The molecule has 0 amide bonds. The first kappa shape index (κ1) is 13.6. The van der Waals surface area contributed by atoms with Gasteiger partial charge in [-0.1, -0.05) is 30.3 Å². The maximum absolute atomic E-state index is 13.0. The summed E-state index contributed by atoms with van der Waals surface area (Å²) in [5.41, 5.74) is 1.32. The molecule has 2 N–H and O–H groups in total. The smallest absolute Gasteiger partial charge is 0.126 e. The van der Waals surface area contributed by atoms with Crippen LogP contribution in [0.2, 0.25) is 0 Å². The normalized spacial score (nSPS) is 12.4. The first-order valence-corrected chi connectivity index (χ1v) is 6.04. The molecule has 0 fully saturated rings. The predicted molar refractivity (Wildman–Crippen MR) is 69.5 cm³/mol. The summed E-state index contributed by atoms with van der Waals surface area (Å²) in [6.45, 7) is 0.626. The zero-order valence-corrected chi connectivity index (χ0v) is 10.3. The van der Waals surface area contributed by atoms with Gasteiger partial charge in [-0.25, -0.2) is 8.78 Å². The number of nitrogens with one attached hydrogen (secondary N) is 1. The van der Waals surface area contributed by atoms with Gasteiger partial charge in [0.2, 0.25) is 0 Å². The average molecular weight is 263 g/mol. The third-order valence-corrected chi connectivity index (χ3v) is 2.77. The SMILES string of the molecule is OC(CNCc1cc(F)cc(F)c1)c1ccccc1. The van der Waals surface area contributed by atoms with E-state index in [1.54, 1.807) is 0 Å². The van der Waals surface area contributed by atoms with Gasteiger partial charge >= 0.3 is 0 Å². The fraction of sp³-hybridized carbons (Fsp3) is 0.200. The van der Waals surface area contributed by atoms with E-state index in [1.165, 1.54) is 12.1 Å². The van der Waals surface area contributed by atoms with Gasteiger partial charge in [0.05, 0.1) is 6.10 Å². The summed E-state index contributed by atoms with van der Waals surface area (Å²) < 4.78 is 25.9. The maximum atomic E-state index is 13.0. The van der Waals surface area contributed by atoms with Crippen LogP contribution in [0.25, 0.3) is 0 Å². The molecule has 2 aromatic rings. The lowest BCUT2D eigenvalue weighted by Gasteiger charge is -2.12. The quantitative estimate of drug-likeness (QED) is 0.869. The van der Waals surface area contributed by atoms with E-state index >= 15 is 0 Å². The number of aliphatic hydroxyl groups excluding tert-OH is 1. The van der Waals surface area contributed by atoms with Crippen molar-refractivity contribution in [3.63, 3.8) is 0 Å². The minimum absolute atomic E-state index is 0.304. The van der Waals surface area contributed by atoms with Crippen molar-refractivity contribution >= 4 is 0 Å². The van der Waals surface area contributed by atoms with E-state index in [2.05, 4.69) is 5.32 Å². The lowest BCUT2D eigenvalue weighted by atomic mass is 10.1. The number of rotatable bonds is 5. The molecule has 0 heterocycles. The van der Waals surface area contributed by atoms with E-state index in [0.717, 1.165) is 11.6 Å². The van der Waals surface area contributed by atoms with Gasteiger partial charge in [-0.3, -0.25) is 0 Å². The summed E-state index contributed by atoms with van der Waals surface area (Å²) in [7, 11) is 0. The second-order valence-corrected chi connectivity index (χ2v) is 4.34. The van der Waals surface area contributed by atoms with Crippen molar-refractivity contribution in [3.8, 4) is 0 Å². The molecule has 0 saturated carbocycles. The van der Waals surface area contributed by atoms with Crippen molar-refractivity contribution < 1.29 is 13.9 Å². The Balaban J connectivity index is 1.86. The van der Waals surface area contributed by atoms with Gasteiger partial charge in [-0.2, -0.15) is 0 Å². The van der Waals surface area contributed by atoms with Crippen LogP contribution in [-0.4, -0.2) is 11.7 Å². The van der Waals surface area contributed by atoms with Gasteiger partial charge in [-0.15, -0.1) is 0 Å². The summed E-state index contributed by atoms with van der Waals surface area (Å²) in [5, 5.41) is 12.9. The lowest BCUT2D eigenvalue weighted by molar-refractivity contribution is 0.174. The molecule has 1 unspecified atom stereocenters. The number of benzene rings is 2. The Bertz CT molecular complexity index is 511. The highest BCUT2D eigenvalue weighted by Gasteiger charge is 2.06. The van der Waals surface area contributed by atoms with E-state index in [1.807, 2.05) is 30.3 Å². The third kappa shape index (κ3) is 4.12. The maximum Gasteiger partial charge on any atom is 0.126 e. The summed E-state index contributed by atoms with van der Waals surface area (Å²) in [4.78, 5) is 0. The van der Waals surface area contributed by atoms with Crippen molar-refractivity contribution in [1.82, 2.24) is 5.32 Å².